The maximum absolute atomic E-state index is 4.47. The van der Waals surface area contributed by atoms with Gasteiger partial charge in [0, 0.05) is 32.4 Å². The number of hydrogen-bond donors (Lipinski definition) is 1. The van der Waals surface area contributed by atoms with E-state index < -0.39 is 0 Å². The van der Waals surface area contributed by atoms with Crippen LogP contribution in [0.1, 0.15) is 32.4 Å². The Bertz CT molecular complexity index is 358. The Morgan fingerprint density at radius 1 is 1.50 bits per heavy atom. The Labute approximate surface area is 110 Å². The van der Waals surface area contributed by atoms with E-state index in [-0.39, 0.29) is 0 Å². The minimum Gasteiger partial charge on any atom is -0.315 e. The maximum atomic E-state index is 4.47. The zero-order valence-electron chi connectivity index (χ0n) is 11.9. The summed E-state index contributed by atoms with van der Waals surface area (Å²) in [7, 11) is 1.98. The molecule has 2 heterocycles. The van der Waals surface area contributed by atoms with Crippen molar-refractivity contribution in [2.24, 2.45) is 13.0 Å². The Morgan fingerprint density at radius 3 is 3.00 bits per heavy atom. The van der Waals surface area contributed by atoms with Crippen molar-refractivity contribution in [1.29, 1.82) is 0 Å². The first-order chi connectivity index (χ1) is 8.65. The summed E-state index contributed by atoms with van der Waals surface area (Å²) in [6.45, 7) is 8.96. The molecule has 0 bridgehead atoms. The number of hydrogen-bond acceptors (Lipinski definition) is 3. The van der Waals surface area contributed by atoms with Gasteiger partial charge in [0.25, 0.3) is 0 Å². The molecule has 1 unspecified atom stereocenters. The van der Waals surface area contributed by atoms with E-state index in [0.29, 0.717) is 6.04 Å². The summed E-state index contributed by atoms with van der Waals surface area (Å²) in [6.07, 6.45) is 4.66. The van der Waals surface area contributed by atoms with E-state index in [1.54, 1.807) is 0 Å². The lowest BCUT2D eigenvalue weighted by Crippen LogP contribution is -2.38. The van der Waals surface area contributed by atoms with Gasteiger partial charge in [0.05, 0.1) is 5.69 Å². The van der Waals surface area contributed by atoms with Crippen LogP contribution in [0.15, 0.2) is 12.3 Å². The van der Waals surface area contributed by atoms with Crippen molar-refractivity contribution in [2.45, 2.75) is 39.3 Å². The topological polar surface area (TPSA) is 33.1 Å². The van der Waals surface area contributed by atoms with Gasteiger partial charge >= 0.3 is 0 Å². The highest BCUT2D eigenvalue weighted by atomic mass is 15.3. The standard InChI is InChI=1S/C14H26N4/c1-12(2)9-15-10-14-5-4-7-18(14)11-13-6-8-17(3)16-13/h6,8,12,14-15H,4-5,7,9-11H2,1-3H3. The van der Waals surface area contributed by atoms with Crippen LogP contribution < -0.4 is 5.32 Å². The van der Waals surface area contributed by atoms with Crippen LogP contribution in [0.4, 0.5) is 0 Å². The van der Waals surface area contributed by atoms with Gasteiger partial charge in [-0.3, -0.25) is 9.58 Å². The van der Waals surface area contributed by atoms with Gasteiger partial charge in [-0.1, -0.05) is 13.8 Å². The fourth-order valence-corrected chi connectivity index (χ4v) is 2.63. The molecule has 102 valence electrons. The van der Waals surface area contributed by atoms with Crippen molar-refractivity contribution in [3.8, 4) is 0 Å². The van der Waals surface area contributed by atoms with Crippen LogP contribution in [0, 0.1) is 5.92 Å². The number of likely N-dealkylation sites (tertiary alicyclic amines) is 1. The van der Waals surface area contributed by atoms with Gasteiger partial charge in [-0.25, -0.2) is 0 Å². The molecule has 1 N–H and O–H groups in total. The molecule has 4 nitrogen and oxygen atoms in total. The van der Waals surface area contributed by atoms with Crippen LogP contribution in [0.2, 0.25) is 0 Å². The summed E-state index contributed by atoms with van der Waals surface area (Å²) in [5.41, 5.74) is 1.19. The smallest absolute Gasteiger partial charge is 0.0764 e. The molecule has 0 spiro atoms. The molecule has 0 amide bonds. The van der Waals surface area contributed by atoms with E-state index in [0.717, 1.165) is 25.6 Å². The molecule has 18 heavy (non-hydrogen) atoms. The number of nitrogens with one attached hydrogen (secondary N) is 1. The lowest BCUT2D eigenvalue weighted by atomic mass is 10.2. The minimum absolute atomic E-state index is 0.686. The third kappa shape index (κ3) is 3.82. The predicted octanol–water partition coefficient (Wildman–Crippen LogP) is 1.63. The van der Waals surface area contributed by atoms with Crippen LogP contribution in [-0.2, 0) is 13.6 Å². The molecule has 1 aliphatic heterocycles. The van der Waals surface area contributed by atoms with E-state index in [2.05, 4.69) is 35.2 Å². The van der Waals surface area contributed by atoms with E-state index in [9.17, 15) is 0 Å². The molecular formula is C14H26N4. The first kappa shape index (κ1) is 13.6. The van der Waals surface area contributed by atoms with Crippen molar-refractivity contribution in [1.82, 2.24) is 20.0 Å². The SMILES string of the molecule is CC(C)CNCC1CCCN1Cc1ccn(C)n1. The van der Waals surface area contributed by atoms with Crippen LogP contribution in [-0.4, -0.2) is 40.4 Å². The second-order valence-corrected chi connectivity index (χ2v) is 5.80. The predicted molar refractivity (Wildman–Crippen MR) is 74.3 cm³/mol. The normalized spacial score (nSPS) is 21.0. The highest BCUT2D eigenvalue weighted by Gasteiger charge is 2.24. The minimum atomic E-state index is 0.686. The lowest BCUT2D eigenvalue weighted by Gasteiger charge is -2.24. The van der Waals surface area contributed by atoms with Crippen molar-refractivity contribution in [2.75, 3.05) is 19.6 Å². The van der Waals surface area contributed by atoms with Crippen LogP contribution >= 0.6 is 0 Å². The average Bonchev–Trinajstić information content (AvgIpc) is 2.89. The molecule has 1 saturated heterocycles. The van der Waals surface area contributed by atoms with Crippen molar-refractivity contribution < 1.29 is 0 Å². The average molecular weight is 250 g/mol. The molecular weight excluding hydrogens is 224 g/mol. The molecule has 1 aliphatic rings. The second kappa shape index (κ2) is 6.34. The fourth-order valence-electron chi connectivity index (χ4n) is 2.63. The molecule has 0 aromatic carbocycles. The molecule has 0 aliphatic carbocycles. The molecule has 1 atom stereocenters. The number of nitrogens with zero attached hydrogens (tertiary/aromatic N) is 3. The molecule has 1 fully saturated rings. The zero-order valence-corrected chi connectivity index (χ0v) is 11.9. The lowest BCUT2D eigenvalue weighted by molar-refractivity contribution is 0.234. The molecule has 1 aromatic rings. The quantitative estimate of drug-likeness (QED) is 0.833. The van der Waals surface area contributed by atoms with Gasteiger partial charge in [-0.05, 0) is 37.9 Å². The van der Waals surface area contributed by atoms with E-state index in [1.165, 1.54) is 25.1 Å². The molecule has 0 saturated carbocycles. The first-order valence-electron chi connectivity index (χ1n) is 7.08. The van der Waals surface area contributed by atoms with Crippen molar-refractivity contribution in [3.63, 3.8) is 0 Å². The summed E-state index contributed by atoms with van der Waals surface area (Å²) in [6, 6.07) is 2.81. The van der Waals surface area contributed by atoms with Gasteiger partial charge in [-0.15, -0.1) is 0 Å². The number of rotatable bonds is 6. The highest BCUT2D eigenvalue weighted by Crippen LogP contribution is 2.18. The fraction of sp³-hybridized carbons (Fsp3) is 0.786. The summed E-state index contributed by atoms with van der Waals surface area (Å²) in [5.74, 6) is 0.732. The van der Waals surface area contributed by atoms with E-state index in [1.807, 2.05) is 17.9 Å². The van der Waals surface area contributed by atoms with Gasteiger partial charge in [0.15, 0.2) is 0 Å². The van der Waals surface area contributed by atoms with Crippen LogP contribution in [0.3, 0.4) is 0 Å². The van der Waals surface area contributed by atoms with E-state index in [4.69, 9.17) is 0 Å². The van der Waals surface area contributed by atoms with Crippen LogP contribution in [0.5, 0.6) is 0 Å². The van der Waals surface area contributed by atoms with Gasteiger partial charge in [0.2, 0.25) is 0 Å². The first-order valence-corrected chi connectivity index (χ1v) is 7.08. The van der Waals surface area contributed by atoms with Crippen molar-refractivity contribution in [3.05, 3.63) is 18.0 Å². The van der Waals surface area contributed by atoms with Gasteiger partial charge < -0.3 is 5.32 Å². The van der Waals surface area contributed by atoms with Gasteiger partial charge in [0.1, 0.15) is 0 Å². The second-order valence-electron chi connectivity index (χ2n) is 5.80. The number of aromatic nitrogens is 2. The summed E-state index contributed by atoms with van der Waals surface area (Å²) < 4.78 is 1.89. The maximum Gasteiger partial charge on any atom is 0.0764 e. The largest absolute Gasteiger partial charge is 0.315 e. The van der Waals surface area contributed by atoms with E-state index >= 15 is 0 Å². The Hall–Kier alpha value is -0.870. The Balaban J connectivity index is 1.80. The summed E-state index contributed by atoms with van der Waals surface area (Å²) in [5, 5.41) is 8.05. The van der Waals surface area contributed by atoms with Crippen molar-refractivity contribution >= 4 is 0 Å². The Morgan fingerprint density at radius 2 is 2.33 bits per heavy atom. The summed E-state index contributed by atoms with van der Waals surface area (Å²) in [4.78, 5) is 2.57. The Kier molecular flexibility index (Phi) is 4.78. The number of aryl methyl sites for hydroxylation is 1. The molecule has 4 heteroatoms. The highest BCUT2D eigenvalue weighted by molar-refractivity contribution is 5.00. The molecule has 1 aromatic heterocycles. The van der Waals surface area contributed by atoms with Crippen LogP contribution in [0.25, 0.3) is 0 Å². The van der Waals surface area contributed by atoms with Gasteiger partial charge in [-0.2, -0.15) is 5.10 Å². The zero-order chi connectivity index (χ0) is 13.0. The summed E-state index contributed by atoms with van der Waals surface area (Å²) >= 11 is 0. The monoisotopic (exact) mass is 250 g/mol. The third-order valence-electron chi connectivity index (χ3n) is 3.57. The third-order valence-corrected chi connectivity index (χ3v) is 3.57. The molecule has 2 rings (SSSR count). The molecule has 0 radical (unpaired) electrons.